The van der Waals surface area contributed by atoms with Crippen molar-refractivity contribution < 1.29 is 0 Å². The predicted molar refractivity (Wildman–Crippen MR) is 92.2 cm³/mol. The minimum absolute atomic E-state index is 1.19. The van der Waals surface area contributed by atoms with Gasteiger partial charge in [-0.05, 0) is 60.1 Å². The van der Waals surface area contributed by atoms with E-state index in [2.05, 4.69) is 69.7 Å². The summed E-state index contributed by atoms with van der Waals surface area (Å²) in [7, 11) is 0. The van der Waals surface area contributed by atoms with Crippen molar-refractivity contribution in [3.8, 4) is 11.1 Å². The smallest absolute Gasteiger partial charge is 0.0164 e. The molecule has 21 heavy (non-hydrogen) atoms. The summed E-state index contributed by atoms with van der Waals surface area (Å²) in [6.45, 7) is 6.68. The van der Waals surface area contributed by atoms with Crippen molar-refractivity contribution in [1.29, 1.82) is 0 Å². The Morgan fingerprint density at radius 3 is 2.38 bits per heavy atom. The molecule has 1 radical (unpaired) electrons. The van der Waals surface area contributed by atoms with Crippen LogP contribution in [0.4, 0.5) is 0 Å². The van der Waals surface area contributed by atoms with Crippen molar-refractivity contribution in [3.63, 3.8) is 0 Å². The Labute approximate surface area is 128 Å². The fourth-order valence-corrected chi connectivity index (χ4v) is 3.12. The highest BCUT2D eigenvalue weighted by Crippen LogP contribution is 2.40. The molecule has 2 aromatic rings. The molecule has 0 unspecified atom stereocenters. The van der Waals surface area contributed by atoms with Gasteiger partial charge in [-0.2, -0.15) is 0 Å². The third kappa shape index (κ3) is 2.68. The molecule has 2 aromatic carbocycles. The maximum Gasteiger partial charge on any atom is 0.0164 e. The van der Waals surface area contributed by atoms with Gasteiger partial charge in [-0.3, -0.25) is 0 Å². The first-order valence-electron chi connectivity index (χ1n) is 7.95. The summed E-state index contributed by atoms with van der Waals surface area (Å²) in [5.74, 6) is 0. The van der Waals surface area contributed by atoms with Crippen molar-refractivity contribution in [2.24, 2.45) is 0 Å². The maximum absolute atomic E-state index is 2.30. The van der Waals surface area contributed by atoms with Gasteiger partial charge in [-0.15, -0.1) is 0 Å². The largest absolute Gasteiger partial charge is 0.0654 e. The van der Waals surface area contributed by atoms with Crippen LogP contribution in [0.25, 0.3) is 16.7 Å². The van der Waals surface area contributed by atoms with E-state index in [9.17, 15) is 0 Å². The molecule has 0 heterocycles. The Morgan fingerprint density at radius 1 is 0.905 bits per heavy atom. The van der Waals surface area contributed by atoms with Crippen molar-refractivity contribution >= 4 is 5.57 Å². The molecule has 0 saturated heterocycles. The van der Waals surface area contributed by atoms with Gasteiger partial charge < -0.3 is 0 Å². The highest BCUT2D eigenvalue weighted by molar-refractivity contribution is 5.89. The van der Waals surface area contributed by atoms with Crippen LogP contribution in [0.2, 0.25) is 0 Å². The first kappa shape index (κ1) is 14.1. The van der Waals surface area contributed by atoms with Crippen LogP contribution >= 0.6 is 0 Å². The third-order valence-electron chi connectivity index (χ3n) is 4.52. The van der Waals surface area contributed by atoms with Gasteiger partial charge in [0.05, 0.1) is 0 Å². The second kappa shape index (κ2) is 5.89. The van der Waals surface area contributed by atoms with E-state index in [0.717, 1.165) is 0 Å². The van der Waals surface area contributed by atoms with Gasteiger partial charge in [0.25, 0.3) is 0 Å². The van der Waals surface area contributed by atoms with Gasteiger partial charge in [0.2, 0.25) is 0 Å². The minimum Gasteiger partial charge on any atom is -0.0654 e. The monoisotopic (exact) mass is 275 g/mol. The maximum atomic E-state index is 2.30. The van der Waals surface area contributed by atoms with Gasteiger partial charge >= 0.3 is 0 Å². The third-order valence-corrected chi connectivity index (χ3v) is 4.52. The van der Waals surface area contributed by atoms with E-state index in [1.807, 2.05) is 0 Å². The number of rotatable bonds is 4. The Morgan fingerprint density at radius 2 is 1.67 bits per heavy atom. The standard InChI is InChI=1S/C21H23/c1-4-5-7-17-10-12-18(13-11-17)20-9-6-8-19-14-15(2)16(3)21(19)20/h6,8-14H,4-5,7H2,1-3H3. The Balaban J connectivity index is 1.97. The zero-order valence-electron chi connectivity index (χ0n) is 13.2. The van der Waals surface area contributed by atoms with Crippen LogP contribution < -0.4 is 0 Å². The van der Waals surface area contributed by atoms with E-state index in [0.29, 0.717) is 0 Å². The highest BCUT2D eigenvalue weighted by atomic mass is 14.2. The van der Waals surface area contributed by atoms with Crippen LogP contribution in [-0.4, -0.2) is 0 Å². The molecule has 1 aliphatic rings. The zero-order valence-corrected chi connectivity index (χ0v) is 13.2. The fourth-order valence-electron chi connectivity index (χ4n) is 3.12. The molecule has 0 fully saturated rings. The molecule has 0 nitrogen and oxygen atoms in total. The van der Waals surface area contributed by atoms with E-state index in [4.69, 9.17) is 0 Å². The molecule has 0 amide bonds. The SMILES string of the molecule is CCCCc1ccc(-c2cccc3c2C(C)=C(C)[CH]3)cc1. The van der Waals surface area contributed by atoms with Crippen molar-refractivity contribution in [3.05, 3.63) is 71.1 Å². The molecule has 0 aliphatic heterocycles. The molecule has 3 rings (SSSR count). The Hall–Kier alpha value is -1.82. The molecular weight excluding hydrogens is 252 g/mol. The lowest BCUT2D eigenvalue weighted by Gasteiger charge is -2.11. The zero-order chi connectivity index (χ0) is 14.8. The summed E-state index contributed by atoms with van der Waals surface area (Å²) in [6.07, 6.45) is 6.02. The predicted octanol–water partition coefficient (Wildman–Crippen LogP) is 6.06. The van der Waals surface area contributed by atoms with Gasteiger partial charge in [0.15, 0.2) is 0 Å². The van der Waals surface area contributed by atoms with Crippen LogP contribution in [-0.2, 0) is 6.42 Å². The lowest BCUT2D eigenvalue weighted by atomic mass is 9.93. The van der Waals surface area contributed by atoms with Crippen molar-refractivity contribution in [2.75, 3.05) is 0 Å². The van der Waals surface area contributed by atoms with E-state index in [-0.39, 0.29) is 0 Å². The summed E-state index contributed by atoms with van der Waals surface area (Å²) >= 11 is 0. The highest BCUT2D eigenvalue weighted by Gasteiger charge is 2.19. The van der Waals surface area contributed by atoms with Crippen LogP contribution in [0.15, 0.2) is 48.0 Å². The minimum atomic E-state index is 1.19. The second-order valence-electron chi connectivity index (χ2n) is 6.02. The first-order chi connectivity index (χ1) is 10.2. The van der Waals surface area contributed by atoms with Crippen molar-refractivity contribution in [2.45, 2.75) is 40.0 Å². The summed E-state index contributed by atoms with van der Waals surface area (Å²) in [4.78, 5) is 0. The molecule has 107 valence electrons. The van der Waals surface area contributed by atoms with Crippen LogP contribution in [0, 0.1) is 6.42 Å². The average Bonchev–Trinajstić information content (AvgIpc) is 2.81. The molecule has 1 aliphatic carbocycles. The quantitative estimate of drug-likeness (QED) is 0.636. The van der Waals surface area contributed by atoms with E-state index in [1.165, 1.54) is 58.2 Å². The lowest BCUT2D eigenvalue weighted by molar-refractivity contribution is 0.795. The normalized spacial score (nSPS) is 13.7. The molecule has 0 spiro atoms. The Kier molecular flexibility index (Phi) is 3.96. The first-order valence-corrected chi connectivity index (χ1v) is 7.95. The number of fused-ring (bicyclic) bond motifs is 1. The van der Waals surface area contributed by atoms with Gasteiger partial charge in [-0.1, -0.05) is 61.4 Å². The topological polar surface area (TPSA) is 0 Å². The number of unbranched alkanes of at least 4 members (excludes halogenated alkanes) is 1. The Bertz CT molecular complexity index is 672. The van der Waals surface area contributed by atoms with Gasteiger partial charge in [0.1, 0.15) is 0 Å². The van der Waals surface area contributed by atoms with Crippen LogP contribution in [0.5, 0.6) is 0 Å². The molecule has 0 bridgehead atoms. The van der Waals surface area contributed by atoms with E-state index >= 15 is 0 Å². The summed E-state index contributed by atoms with van der Waals surface area (Å²) in [6, 6.07) is 15.8. The van der Waals surface area contributed by atoms with Crippen LogP contribution in [0.3, 0.4) is 0 Å². The summed E-state index contributed by atoms with van der Waals surface area (Å²) in [5.41, 5.74) is 9.71. The molecule has 0 aromatic heterocycles. The average molecular weight is 275 g/mol. The number of allylic oxidation sites excluding steroid dienone is 2. The van der Waals surface area contributed by atoms with Crippen LogP contribution in [0.1, 0.15) is 50.3 Å². The van der Waals surface area contributed by atoms with Gasteiger partial charge in [-0.25, -0.2) is 0 Å². The lowest BCUT2D eigenvalue weighted by Crippen LogP contribution is -1.90. The van der Waals surface area contributed by atoms with Gasteiger partial charge in [0, 0.05) is 6.42 Å². The van der Waals surface area contributed by atoms with E-state index < -0.39 is 0 Å². The van der Waals surface area contributed by atoms with E-state index in [1.54, 1.807) is 0 Å². The summed E-state index contributed by atoms with van der Waals surface area (Å²) < 4.78 is 0. The molecule has 0 heteroatoms. The second-order valence-corrected chi connectivity index (χ2v) is 6.02. The number of hydrogen-bond donors (Lipinski definition) is 0. The van der Waals surface area contributed by atoms with Crippen molar-refractivity contribution in [1.82, 2.24) is 0 Å². The molecular formula is C21H23. The fraction of sp³-hybridized carbons (Fsp3) is 0.286. The molecule has 0 N–H and O–H groups in total. The number of aryl methyl sites for hydroxylation is 1. The number of hydrogen-bond acceptors (Lipinski definition) is 0. The summed E-state index contributed by atoms with van der Waals surface area (Å²) in [5, 5.41) is 0. The molecule has 0 saturated carbocycles. The molecule has 0 atom stereocenters. The number of benzene rings is 2.